The van der Waals surface area contributed by atoms with Crippen LogP contribution in [0.15, 0.2) is 49.2 Å². The first-order valence-electron chi connectivity index (χ1n) is 14.3. The quantitative estimate of drug-likeness (QED) is 0.207. The molecule has 0 amide bonds. The zero-order valence-corrected chi connectivity index (χ0v) is 28.1. The predicted octanol–water partition coefficient (Wildman–Crippen LogP) is 10.3. The number of aldehydes is 1. The molecule has 0 N–H and O–H groups in total. The number of allylic oxidation sites excluding steroid dienone is 2. The standard InChI is InChI=1S/C24H27O2P.C6H13P.C5H10O/c1-6-18-7-9-19(10-8-18)21-14-25-22-13-20(26-23(27)11-15(2)3)12-16(4)24(22)17(21)5;1-5(2)4-6(3)7;1-5(2)3-4-6/h7-10,12-15,27H,5-6,11H2,1-4H3;5,7H,4H2,1-3H3;4-5H,3H2,1-2H3. The maximum Gasteiger partial charge on any atom is 0.138 e. The van der Waals surface area contributed by atoms with Crippen molar-refractivity contribution in [1.82, 2.24) is 0 Å². The molecule has 0 aliphatic carbocycles. The third-order valence-corrected chi connectivity index (χ3v) is 6.50. The molecule has 0 spiro atoms. The number of ether oxygens (including phenoxy) is 2. The molecule has 5 heteroatoms. The zero-order chi connectivity index (χ0) is 30.4. The number of benzene rings is 2. The molecule has 0 saturated carbocycles. The highest BCUT2D eigenvalue weighted by Crippen LogP contribution is 2.43. The number of fused-ring (bicyclic) bond motifs is 1. The van der Waals surface area contributed by atoms with Gasteiger partial charge in [0, 0.05) is 30.0 Å². The van der Waals surface area contributed by atoms with Gasteiger partial charge in [0.2, 0.25) is 0 Å². The topological polar surface area (TPSA) is 35.5 Å². The van der Waals surface area contributed by atoms with Crippen LogP contribution in [0.3, 0.4) is 0 Å². The summed E-state index contributed by atoms with van der Waals surface area (Å²) in [6.07, 6.45) is 6.52. The number of carbonyl (C=O) groups is 1. The van der Waals surface area contributed by atoms with Crippen molar-refractivity contribution in [2.75, 3.05) is 0 Å². The second-order valence-electron chi connectivity index (χ2n) is 11.6. The van der Waals surface area contributed by atoms with Gasteiger partial charge in [-0.15, -0.1) is 8.86 Å². The van der Waals surface area contributed by atoms with Crippen molar-refractivity contribution >= 4 is 45.9 Å². The van der Waals surface area contributed by atoms with Crippen molar-refractivity contribution in [3.05, 3.63) is 71.5 Å². The second-order valence-corrected chi connectivity index (χ2v) is 13.0. The molecule has 0 aromatic heterocycles. The second kappa shape index (κ2) is 18.1. The van der Waals surface area contributed by atoms with Gasteiger partial charge in [-0.1, -0.05) is 93.5 Å². The lowest BCUT2D eigenvalue weighted by atomic mass is 9.89. The van der Waals surface area contributed by atoms with Crippen LogP contribution in [0.2, 0.25) is 0 Å². The molecule has 1 heterocycles. The molecule has 0 unspecified atom stereocenters. The summed E-state index contributed by atoms with van der Waals surface area (Å²) in [6.45, 7) is 23.5. The van der Waals surface area contributed by atoms with Crippen molar-refractivity contribution in [3.8, 4) is 11.5 Å². The Balaban J connectivity index is 0.000000512. The van der Waals surface area contributed by atoms with Gasteiger partial charge in [-0.25, -0.2) is 0 Å². The Morgan fingerprint density at radius 1 is 0.975 bits per heavy atom. The van der Waals surface area contributed by atoms with E-state index >= 15 is 0 Å². The monoisotopic (exact) mass is 580 g/mol. The molecule has 0 atom stereocenters. The van der Waals surface area contributed by atoms with Gasteiger partial charge in [0.1, 0.15) is 23.3 Å². The highest BCUT2D eigenvalue weighted by molar-refractivity contribution is 7.21. The number of carbonyl (C=O) groups excluding carboxylic acids is 1. The van der Waals surface area contributed by atoms with Crippen LogP contribution in [-0.2, 0) is 11.2 Å². The van der Waals surface area contributed by atoms with Crippen molar-refractivity contribution in [2.45, 2.75) is 88.0 Å². The van der Waals surface area contributed by atoms with E-state index in [1.54, 1.807) is 6.26 Å². The van der Waals surface area contributed by atoms with E-state index in [4.69, 9.17) is 9.47 Å². The van der Waals surface area contributed by atoms with Crippen molar-refractivity contribution in [3.63, 3.8) is 0 Å². The number of rotatable bonds is 10. The number of aryl methyl sites for hydroxylation is 2. The molecule has 2 aromatic carbocycles. The van der Waals surface area contributed by atoms with E-state index < -0.39 is 0 Å². The van der Waals surface area contributed by atoms with E-state index in [2.05, 4.69) is 97.0 Å². The third kappa shape index (κ3) is 12.8. The first-order valence-corrected chi connectivity index (χ1v) is 15.3. The first kappa shape index (κ1) is 35.6. The minimum atomic E-state index is 0.525. The van der Waals surface area contributed by atoms with Crippen molar-refractivity contribution in [1.29, 1.82) is 0 Å². The first-order chi connectivity index (χ1) is 18.8. The van der Waals surface area contributed by atoms with Crippen LogP contribution in [0.4, 0.5) is 0 Å². The maximum absolute atomic E-state index is 9.62. The Morgan fingerprint density at radius 3 is 2.00 bits per heavy atom. The van der Waals surface area contributed by atoms with Gasteiger partial charge >= 0.3 is 0 Å². The lowest BCUT2D eigenvalue weighted by molar-refractivity contribution is -0.108. The minimum absolute atomic E-state index is 0.525. The summed E-state index contributed by atoms with van der Waals surface area (Å²) in [5.74, 6) is 3.40. The summed E-state index contributed by atoms with van der Waals surface area (Å²) in [7, 11) is 7.02. The van der Waals surface area contributed by atoms with Crippen molar-refractivity contribution < 1.29 is 14.3 Å². The molecule has 0 fully saturated rings. The summed E-state index contributed by atoms with van der Waals surface area (Å²) in [4.78, 5) is 9.62. The molecule has 3 nitrogen and oxygen atoms in total. The van der Waals surface area contributed by atoms with Crippen LogP contribution < -0.4 is 9.47 Å². The van der Waals surface area contributed by atoms with E-state index in [0.29, 0.717) is 18.3 Å². The van der Waals surface area contributed by atoms with Gasteiger partial charge in [-0.05, 0) is 72.8 Å². The predicted molar refractivity (Wildman–Crippen MR) is 182 cm³/mol. The van der Waals surface area contributed by atoms with E-state index in [1.165, 1.54) is 17.3 Å². The van der Waals surface area contributed by atoms with Gasteiger partial charge in [-0.3, -0.25) is 0 Å². The van der Waals surface area contributed by atoms with E-state index in [1.807, 2.05) is 26.0 Å². The molecule has 218 valence electrons. The fraction of sp³-hybridized carbons (Fsp3) is 0.457. The Labute approximate surface area is 248 Å². The fourth-order valence-corrected chi connectivity index (χ4v) is 5.05. The van der Waals surface area contributed by atoms with Gasteiger partial charge in [0.05, 0.1) is 6.26 Å². The normalized spacial score (nSPS) is 11.9. The van der Waals surface area contributed by atoms with E-state index in [9.17, 15) is 4.79 Å². The van der Waals surface area contributed by atoms with Crippen LogP contribution in [-0.4, -0.2) is 17.1 Å². The van der Waals surface area contributed by atoms with Crippen LogP contribution in [0.25, 0.3) is 11.1 Å². The van der Waals surface area contributed by atoms with Gasteiger partial charge < -0.3 is 14.3 Å². The molecule has 1 aliphatic heterocycles. The van der Waals surface area contributed by atoms with Crippen LogP contribution in [0.5, 0.6) is 11.5 Å². The summed E-state index contributed by atoms with van der Waals surface area (Å²) in [6, 6.07) is 12.6. The van der Waals surface area contributed by atoms with E-state index in [0.717, 1.165) is 69.9 Å². The smallest absolute Gasteiger partial charge is 0.138 e. The average molecular weight is 581 g/mol. The Kier molecular flexibility index (Phi) is 16.1. The lowest BCUT2D eigenvalue weighted by Gasteiger charge is -2.23. The SMILES string of the molecule is C=C1C(c2ccc(CC)cc2)=COc2cc(OC(=P)CC(C)C)cc(C)c21.CC(=P)CC(C)C.CC(C)CC=O. The highest BCUT2D eigenvalue weighted by Gasteiger charge is 2.22. The molecule has 3 rings (SSSR count). The molecule has 2 aromatic rings. The summed E-state index contributed by atoms with van der Waals surface area (Å²) >= 11 is 0. The fourth-order valence-electron chi connectivity index (χ4n) is 4.11. The molecule has 40 heavy (non-hydrogen) atoms. The van der Waals surface area contributed by atoms with Gasteiger partial charge in [-0.2, -0.15) is 0 Å². The highest BCUT2D eigenvalue weighted by atomic mass is 31.0. The van der Waals surface area contributed by atoms with E-state index in [-0.39, 0.29) is 0 Å². The van der Waals surface area contributed by atoms with Crippen LogP contribution in [0.1, 0.15) is 96.9 Å². The molecule has 0 bridgehead atoms. The summed E-state index contributed by atoms with van der Waals surface area (Å²) in [5.41, 5.74) is 7.40. The number of hydrogen-bond acceptors (Lipinski definition) is 3. The summed E-state index contributed by atoms with van der Waals surface area (Å²) in [5, 5.41) is 1.34. The minimum Gasteiger partial charge on any atom is -0.464 e. The third-order valence-electron chi connectivity index (χ3n) is 5.99. The molecule has 0 radical (unpaired) electrons. The van der Waals surface area contributed by atoms with Crippen molar-refractivity contribution in [2.24, 2.45) is 17.8 Å². The Hall–Kier alpha value is -2.47. The number of hydrogen-bond donors (Lipinski definition) is 0. The van der Waals surface area contributed by atoms with Crippen LogP contribution >= 0.6 is 17.7 Å². The zero-order valence-electron chi connectivity index (χ0n) is 26.1. The lowest BCUT2D eigenvalue weighted by Crippen LogP contribution is -2.09. The largest absolute Gasteiger partial charge is 0.464 e. The molecular formula is C35H50O3P2. The van der Waals surface area contributed by atoms with Gasteiger partial charge in [0.25, 0.3) is 0 Å². The molecule has 1 aliphatic rings. The summed E-state index contributed by atoms with van der Waals surface area (Å²) < 4.78 is 11.9. The van der Waals surface area contributed by atoms with Crippen LogP contribution in [0, 0.1) is 24.7 Å². The Morgan fingerprint density at radius 2 is 1.57 bits per heavy atom. The van der Waals surface area contributed by atoms with Gasteiger partial charge in [0.15, 0.2) is 0 Å². The molecule has 0 saturated heterocycles. The maximum atomic E-state index is 9.62. The Bertz CT molecular complexity index is 1170. The average Bonchev–Trinajstić information content (AvgIpc) is 2.83. The molecular weight excluding hydrogens is 530 g/mol.